The minimum Gasteiger partial charge on any atom is -0.381 e. The molecule has 0 fully saturated rings. The lowest BCUT2D eigenvalue weighted by atomic mass is 9.92. The Labute approximate surface area is 182 Å². The Bertz CT molecular complexity index is 248. The predicted molar refractivity (Wildman–Crippen MR) is 124 cm³/mol. The fourth-order valence-electron chi connectivity index (χ4n) is 3.22. The number of hydrogen-bond donors (Lipinski definition) is 0. The van der Waals surface area contributed by atoms with Crippen LogP contribution >= 0.6 is 0 Å². The molecule has 0 bridgehead atoms. The van der Waals surface area contributed by atoms with Gasteiger partial charge in [0.1, 0.15) is 0 Å². The van der Waals surface area contributed by atoms with E-state index in [0.29, 0.717) is 26.4 Å². The van der Waals surface area contributed by atoms with Crippen LogP contribution in [0.25, 0.3) is 0 Å². The van der Waals surface area contributed by atoms with E-state index in [-0.39, 0.29) is 5.41 Å². The molecule has 0 rings (SSSR count). The molecule has 0 amide bonds. The first kappa shape index (κ1) is 28.8. The zero-order chi connectivity index (χ0) is 21.5. The first-order valence-corrected chi connectivity index (χ1v) is 12.6. The van der Waals surface area contributed by atoms with E-state index in [9.17, 15) is 0 Å². The van der Waals surface area contributed by atoms with E-state index < -0.39 is 0 Å². The molecule has 0 aliphatic heterocycles. The topological polar surface area (TPSA) is 36.9 Å². The number of hydrogen-bond acceptors (Lipinski definition) is 4. The normalized spacial score (nSPS) is 12.0. The monoisotopic (exact) mass is 416 g/mol. The molecule has 0 aliphatic rings. The van der Waals surface area contributed by atoms with Crippen molar-refractivity contribution in [2.45, 2.75) is 105 Å². The lowest BCUT2D eigenvalue weighted by Crippen LogP contribution is -2.42. The first-order valence-electron chi connectivity index (χ1n) is 12.6. The molecule has 29 heavy (non-hydrogen) atoms. The van der Waals surface area contributed by atoms with Gasteiger partial charge in [-0.05, 0) is 25.7 Å². The average Bonchev–Trinajstić information content (AvgIpc) is 2.73. The van der Waals surface area contributed by atoms with Gasteiger partial charge in [-0.2, -0.15) is 0 Å². The van der Waals surface area contributed by atoms with Gasteiger partial charge >= 0.3 is 0 Å². The van der Waals surface area contributed by atoms with Crippen LogP contribution < -0.4 is 0 Å². The number of unbranched alkanes of at least 4 members (excludes halogenated alkanes) is 8. The molecule has 176 valence electrons. The molecule has 0 unspecified atom stereocenters. The van der Waals surface area contributed by atoms with Gasteiger partial charge in [-0.1, -0.05) is 79.1 Å². The Morgan fingerprint density at radius 1 is 0.379 bits per heavy atom. The maximum atomic E-state index is 6.10. The second kappa shape index (κ2) is 22.5. The molecule has 0 radical (unpaired) electrons. The summed E-state index contributed by atoms with van der Waals surface area (Å²) in [6.07, 6.45) is 14.3. The van der Waals surface area contributed by atoms with Crippen molar-refractivity contribution >= 4 is 0 Å². The van der Waals surface area contributed by atoms with E-state index in [1.54, 1.807) is 0 Å². The fourth-order valence-corrected chi connectivity index (χ4v) is 3.22. The standard InChI is InChI=1S/C25H52O4/c1-5-9-13-17-26-21-25(22-27-18-14-10-6-2,23-28-19-15-11-7-3)24-29-20-16-12-8-4/h5-24H2,1-4H3. The molecule has 0 aliphatic carbocycles. The van der Waals surface area contributed by atoms with Crippen LogP contribution in [0.1, 0.15) is 105 Å². The molecule has 4 heteroatoms. The van der Waals surface area contributed by atoms with Crippen molar-refractivity contribution in [3.05, 3.63) is 0 Å². The van der Waals surface area contributed by atoms with Crippen molar-refractivity contribution in [1.82, 2.24) is 0 Å². The van der Waals surface area contributed by atoms with E-state index in [1.807, 2.05) is 0 Å². The highest BCUT2D eigenvalue weighted by molar-refractivity contribution is 4.79. The highest BCUT2D eigenvalue weighted by atomic mass is 16.5. The summed E-state index contributed by atoms with van der Waals surface area (Å²) in [4.78, 5) is 0. The van der Waals surface area contributed by atoms with Crippen molar-refractivity contribution < 1.29 is 18.9 Å². The molecule has 0 aromatic heterocycles. The highest BCUT2D eigenvalue weighted by Crippen LogP contribution is 2.22. The highest BCUT2D eigenvalue weighted by Gasteiger charge is 2.32. The van der Waals surface area contributed by atoms with Gasteiger partial charge in [-0.25, -0.2) is 0 Å². The van der Waals surface area contributed by atoms with Crippen LogP contribution in [-0.2, 0) is 18.9 Å². The molecule has 0 atom stereocenters. The zero-order valence-corrected chi connectivity index (χ0v) is 20.3. The van der Waals surface area contributed by atoms with Crippen LogP contribution in [0.2, 0.25) is 0 Å². The van der Waals surface area contributed by atoms with Crippen molar-refractivity contribution in [1.29, 1.82) is 0 Å². The summed E-state index contributed by atoms with van der Waals surface area (Å²) in [7, 11) is 0. The Morgan fingerprint density at radius 3 is 0.828 bits per heavy atom. The molecule has 0 aromatic carbocycles. The summed E-state index contributed by atoms with van der Waals surface area (Å²) in [5.74, 6) is 0. The summed E-state index contributed by atoms with van der Waals surface area (Å²) in [6, 6.07) is 0. The van der Waals surface area contributed by atoms with Crippen molar-refractivity contribution in [2.75, 3.05) is 52.9 Å². The summed E-state index contributed by atoms with van der Waals surface area (Å²) in [5, 5.41) is 0. The SMILES string of the molecule is CCCCCOCC(COCCCCC)(COCCCCC)COCCCCC. The van der Waals surface area contributed by atoms with Crippen LogP contribution in [0.5, 0.6) is 0 Å². The predicted octanol–water partition coefficient (Wildman–Crippen LogP) is 6.80. The van der Waals surface area contributed by atoms with E-state index in [2.05, 4.69) is 27.7 Å². The van der Waals surface area contributed by atoms with E-state index in [0.717, 1.165) is 52.1 Å². The Balaban J connectivity index is 4.69. The zero-order valence-electron chi connectivity index (χ0n) is 20.3. The van der Waals surface area contributed by atoms with Crippen molar-refractivity contribution in [3.63, 3.8) is 0 Å². The maximum Gasteiger partial charge on any atom is 0.0637 e. The second-order valence-electron chi connectivity index (χ2n) is 8.54. The summed E-state index contributed by atoms with van der Waals surface area (Å²) in [6.45, 7) is 14.8. The summed E-state index contributed by atoms with van der Waals surface area (Å²) >= 11 is 0. The Hall–Kier alpha value is -0.160. The van der Waals surface area contributed by atoms with E-state index >= 15 is 0 Å². The lowest BCUT2D eigenvalue weighted by Gasteiger charge is -2.33. The quantitative estimate of drug-likeness (QED) is 0.162. The number of ether oxygens (including phenoxy) is 4. The summed E-state index contributed by atoms with van der Waals surface area (Å²) < 4.78 is 24.4. The van der Waals surface area contributed by atoms with E-state index in [1.165, 1.54) is 51.4 Å². The summed E-state index contributed by atoms with van der Waals surface area (Å²) in [5.41, 5.74) is -0.198. The third-order valence-corrected chi connectivity index (χ3v) is 5.20. The second-order valence-corrected chi connectivity index (χ2v) is 8.54. The molecular weight excluding hydrogens is 364 g/mol. The Morgan fingerprint density at radius 2 is 0.621 bits per heavy atom. The van der Waals surface area contributed by atoms with Gasteiger partial charge in [-0.15, -0.1) is 0 Å². The van der Waals surface area contributed by atoms with E-state index in [4.69, 9.17) is 18.9 Å². The van der Waals surface area contributed by atoms with Crippen LogP contribution in [0.15, 0.2) is 0 Å². The minimum absolute atomic E-state index is 0.198. The van der Waals surface area contributed by atoms with Crippen LogP contribution in [0.3, 0.4) is 0 Å². The molecule has 0 spiro atoms. The molecule has 0 N–H and O–H groups in total. The molecule has 0 saturated carbocycles. The molecular formula is C25H52O4. The van der Waals surface area contributed by atoms with Gasteiger partial charge < -0.3 is 18.9 Å². The lowest BCUT2D eigenvalue weighted by molar-refractivity contribution is -0.108. The van der Waals surface area contributed by atoms with Crippen LogP contribution in [0, 0.1) is 5.41 Å². The Kier molecular flexibility index (Phi) is 22.4. The third kappa shape index (κ3) is 18.3. The molecule has 0 heterocycles. The third-order valence-electron chi connectivity index (χ3n) is 5.20. The van der Waals surface area contributed by atoms with Crippen LogP contribution in [0.4, 0.5) is 0 Å². The molecule has 4 nitrogen and oxygen atoms in total. The smallest absolute Gasteiger partial charge is 0.0637 e. The largest absolute Gasteiger partial charge is 0.381 e. The first-order chi connectivity index (χ1) is 14.2. The molecule has 0 aromatic rings. The van der Waals surface area contributed by atoms with Gasteiger partial charge in [0, 0.05) is 26.4 Å². The van der Waals surface area contributed by atoms with Gasteiger partial charge in [0.2, 0.25) is 0 Å². The van der Waals surface area contributed by atoms with Gasteiger partial charge in [0.15, 0.2) is 0 Å². The minimum atomic E-state index is -0.198. The average molecular weight is 417 g/mol. The number of rotatable bonds is 24. The van der Waals surface area contributed by atoms with Gasteiger partial charge in [0.25, 0.3) is 0 Å². The van der Waals surface area contributed by atoms with Gasteiger partial charge in [0.05, 0.1) is 31.8 Å². The maximum absolute atomic E-state index is 6.10. The molecule has 0 saturated heterocycles. The fraction of sp³-hybridized carbons (Fsp3) is 1.00. The van der Waals surface area contributed by atoms with Gasteiger partial charge in [-0.3, -0.25) is 0 Å². The van der Waals surface area contributed by atoms with Crippen LogP contribution in [-0.4, -0.2) is 52.9 Å². The van der Waals surface area contributed by atoms with Crippen molar-refractivity contribution in [3.8, 4) is 0 Å². The van der Waals surface area contributed by atoms with Crippen molar-refractivity contribution in [2.24, 2.45) is 5.41 Å².